The summed E-state index contributed by atoms with van der Waals surface area (Å²) in [6.07, 6.45) is 1.15. The van der Waals surface area contributed by atoms with Crippen LogP contribution in [0.4, 0.5) is 0 Å². The summed E-state index contributed by atoms with van der Waals surface area (Å²) in [5, 5.41) is 1.55. The van der Waals surface area contributed by atoms with Crippen LogP contribution in [0.1, 0.15) is 13.3 Å². The van der Waals surface area contributed by atoms with Gasteiger partial charge >= 0.3 is 0 Å². The lowest BCUT2D eigenvalue weighted by molar-refractivity contribution is 0.929. The Morgan fingerprint density at radius 2 is 2.33 bits per heavy atom. The van der Waals surface area contributed by atoms with Gasteiger partial charge in [-0.05, 0) is 6.42 Å². The second kappa shape index (κ2) is 4.00. The Morgan fingerprint density at radius 3 is 2.33 bits per heavy atom. The zero-order valence-electron chi connectivity index (χ0n) is 3.82. The molecule has 0 radical (unpaired) electrons. The third-order valence-corrected chi connectivity index (χ3v) is 2.48. The summed E-state index contributed by atoms with van der Waals surface area (Å²) in [7, 11) is 0. The molecule has 0 fully saturated rings. The Bertz CT molecular complexity index is 26.7. The number of hydrogen-bond donors (Lipinski definition) is 1. The van der Waals surface area contributed by atoms with Gasteiger partial charge in [-0.3, -0.25) is 0 Å². The van der Waals surface area contributed by atoms with Crippen LogP contribution in [0.2, 0.25) is 0 Å². The van der Waals surface area contributed by atoms with Crippen molar-refractivity contribution in [3.63, 3.8) is 0 Å². The van der Waals surface area contributed by atoms with Gasteiger partial charge in [0.05, 0.1) is 0 Å². The average molecular weight is 169 g/mol. The zero-order chi connectivity index (χ0) is 4.99. The fourth-order valence-electron chi connectivity index (χ4n) is 0.109. The summed E-state index contributed by atoms with van der Waals surface area (Å²) >= 11 is 7.48. The van der Waals surface area contributed by atoms with Crippen molar-refractivity contribution < 1.29 is 0 Å². The molecule has 6 heavy (non-hydrogen) atoms. The van der Waals surface area contributed by atoms with E-state index >= 15 is 0 Å². The molecule has 38 valence electrons. The van der Waals surface area contributed by atoms with Gasteiger partial charge in [-0.1, -0.05) is 22.9 Å². The van der Waals surface area contributed by atoms with E-state index in [4.69, 9.17) is 0 Å². The maximum Gasteiger partial charge on any atom is 0.0148 e. The maximum absolute atomic E-state index is 4.18. The molecule has 0 bridgehead atoms. The van der Waals surface area contributed by atoms with Crippen LogP contribution in [0, 0.1) is 0 Å². The van der Waals surface area contributed by atoms with Crippen LogP contribution in [0.3, 0.4) is 0 Å². The van der Waals surface area contributed by atoms with E-state index in [0.717, 1.165) is 11.8 Å². The molecule has 0 amide bonds. The number of hydrogen-bond acceptors (Lipinski definition) is 1. The van der Waals surface area contributed by atoms with Gasteiger partial charge in [-0.25, -0.2) is 0 Å². The second-order valence-electron chi connectivity index (χ2n) is 1.22. The molecule has 0 aromatic rings. The van der Waals surface area contributed by atoms with Gasteiger partial charge in [-0.2, -0.15) is 12.6 Å². The molecule has 0 aliphatic heterocycles. The predicted octanol–water partition coefficient (Wildman–Crippen LogP) is 2.09. The van der Waals surface area contributed by atoms with Crippen molar-refractivity contribution in [3.05, 3.63) is 0 Å². The topological polar surface area (TPSA) is 0 Å². The second-order valence-corrected chi connectivity index (χ2v) is 2.59. The van der Waals surface area contributed by atoms with Crippen LogP contribution in [0.25, 0.3) is 0 Å². The smallest absolute Gasteiger partial charge is 0.0148 e. The van der Waals surface area contributed by atoms with E-state index in [0.29, 0.717) is 5.25 Å². The molecular formula is C4H9BrS. The molecule has 1 unspecified atom stereocenters. The van der Waals surface area contributed by atoms with E-state index in [2.05, 4.69) is 35.5 Å². The van der Waals surface area contributed by atoms with Crippen molar-refractivity contribution in [1.82, 2.24) is 0 Å². The molecule has 1 atom stereocenters. The van der Waals surface area contributed by atoms with E-state index < -0.39 is 0 Å². The standard InChI is InChI=1S/C4H9BrS/c1-2-4(6)3-5/h4,6H,2-3H2,1H3. The van der Waals surface area contributed by atoms with Crippen molar-refractivity contribution in [3.8, 4) is 0 Å². The van der Waals surface area contributed by atoms with Crippen LogP contribution in [-0.2, 0) is 0 Å². The largest absolute Gasteiger partial charge is 0.175 e. The van der Waals surface area contributed by atoms with Gasteiger partial charge in [-0.15, -0.1) is 0 Å². The number of alkyl halides is 1. The quantitative estimate of drug-likeness (QED) is 0.474. The molecule has 0 aliphatic carbocycles. The molecule has 0 heterocycles. The van der Waals surface area contributed by atoms with Gasteiger partial charge in [0.2, 0.25) is 0 Å². The minimum Gasteiger partial charge on any atom is -0.175 e. The van der Waals surface area contributed by atoms with Crippen LogP contribution >= 0.6 is 28.6 Å². The molecule has 0 aromatic carbocycles. The minimum atomic E-state index is 0.546. The summed E-state index contributed by atoms with van der Waals surface area (Å²) in [6.45, 7) is 2.12. The molecule has 0 N–H and O–H groups in total. The van der Waals surface area contributed by atoms with E-state index in [1.165, 1.54) is 0 Å². The predicted molar refractivity (Wildman–Crippen MR) is 36.9 cm³/mol. The van der Waals surface area contributed by atoms with E-state index in [-0.39, 0.29) is 0 Å². The van der Waals surface area contributed by atoms with Crippen molar-refractivity contribution in [1.29, 1.82) is 0 Å². The number of rotatable bonds is 2. The molecular weight excluding hydrogens is 160 g/mol. The molecule has 0 saturated heterocycles. The summed E-state index contributed by atoms with van der Waals surface area (Å²) < 4.78 is 0. The Balaban J connectivity index is 2.75. The highest BCUT2D eigenvalue weighted by atomic mass is 79.9. The normalized spacial score (nSPS) is 14.5. The van der Waals surface area contributed by atoms with Crippen molar-refractivity contribution in [2.45, 2.75) is 18.6 Å². The Kier molecular flexibility index (Phi) is 4.56. The SMILES string of the molecule is CCC(S)CBr. The highest BCUT2D eigenvalue weighted by Crippen LogP contribution is 2.02. The van der Waals surface area contributed by atoms with E-state index in [1.54, 1.807) is 0 Å². The molecule has 0 nitrogen and oxygen atoms in total. The molecule has 0 rings (SSSR count). The van der Waals surface area contributed by atoms with Gasteiger partial charge < -0.3 is 0 Å². The first kappa shape index (κ1) is 6.83. The summed E-state index contributed by atoms with van der Waals surface area (Å²) in [5.41, 5.74) is 0. The van der Waals surface area contributed by atoms with Crippen LogP contribution in [-0.4, -0.2) is 10.6 Å². The fourth-order valence-corrected chi connectivity index (χ4v) is 0.567. The van der Waals surface area contributed by atoms with Crippen LogP contribution in [0.15, 0.2) is 0 Å². The van der Waals surface area contributed by atoms with Gasteiger partial charge in [0.15, 0.2) is 0 Å². The van der Waals surface area contributed by atoms with Gasteiger partial charge in [0, 0.05) is 10.6 Å². The van der Waals surface area contributed by atoms with E-state index in [9.17, 15) is 0 Å². The monoisotopic (exact) mass is 168 g/mol. The first-order chi connectivity index (χ1) is 2.81. The van der Waals surface area contributed by atoms with Gasteiger partial charge in [0.1, 0.15) is 0 Å². The molecule has 0 spiro atoms. The molecule has 0 saturated carbocycles. The first-order valence-electron chi connectivity index (χ1n) is 2.05. The number of thiol groups is 1. The first-order valence-corrected chi connectivity index (χ1v) is 3.69. The zero-order valence-corrected chi connectivity index (χ0v) is 6.30. The third-order valence-electron chi connectivity index (χ3n) is 0.649. The van der Waals surface area contributed by atoms with Crippen molar-refractivity contribution in [2.75, 3.05) is 5.33 Å². The molecule has 0 aromatic heterocycles. The highest BCUT2D eigenvalue weighted by Gasteiger charge is 1.91. The Labute approximate surface area is 52.9 Å². The lowest BCUT2D eigenvalue weighted by atomic mass is 10.4. The van der Waals surface area contributed by atoms with Gasteiger partial charge in [0.25, 0.3) is 0 Å². The average Bonchev–Trinajstić information content (AvgIpc) is 1.65. The maximum atomic E-state index is 4.18. The third kappa shape index (κ3) is 3.04. The van der Waals surface area contributed by atoms with Crippen LogP contribution in [0.5, 0.6) is 0 Å². The van der Waals surface area contributed by atoms with E-state index in [1.807, 2.05) is 0 Å². The highest BCUT2D eigenvalue weighted by molar-refractivity contribution is 9.09. The minimum absolute atomic E-state index is 0.546. The summed E-state index contributed by atoms with van der Waals surface area (Å²) in [4.78, 5) is 0. The lowest BCUT2D eigenvalue weighted by Crippen LogP contribution is -1.94. The molecule has 0 aliphatic rings. The Morgan fingerprint density at radius 1 is 1.83 bits per heavy atom. The fraction of sp³-hybridized carbons (Fsp3) is 1.00. The van der Waals surface area contributed by atoms with Crippen molar-refractivity contribution in [2.24, 2.45) is 0 Å². The van der Waals surface area contributed by atoms with Crippen LogP contribution < -0.4 is 0 Å². The Hall–Kier alpha value is 0.830. The lowest BCUT2D eigenvalue weighted by Gasteiger charge is -1.96. The summed E-state index contributed by atoms with van der Waals surface area (Å²) in [6, 6.07) is 0. The number of halogens is 1. The van der Waals surface area contributed by atoms with Crippen molar-refractivity contribution >= 4 is 28.6 Å². The summed E-state index contributed by atoms with van der Waals surface area (Å²) in [5.74, 6) is 0. The molecule has 2 heteroatoms.